The third kappa shape index (κ3) is 6.39. The maximum absolute atomic E-state index is 5.13. The van der Waals surface area contributed by atoms with Crippen LogP contribution in [0.5, 0.6) is 0 Å². The first kappa shape index (κ1) is 37.1. The molecule has 0 aliphatic carbocycles. The first-order chi connectivity index (χ1) is 22.4. The van der Waals surface area contributed by atoms with Crippen LogP contribution in [0.3, 0.4) is 0 Å². The smallest absolute Gasteiger partial charge is 0.375 e. The Morgan fingerprint density at radius 2 is 0.469 bits per heavy atom. The van der Waals surface area contributed by atoms with Crippen molar-refractivity contribution in [1.82, 2.24) is 59.5 Å². The molecule has 17 heteroatoms. The number of rotatable bonds is 8. The van der Waals surface area contributed by atoms with Crippen LogP contribution in [-0.4, -0.2) is 162 Å². The average molecular weight is 716 g/mol. The number of hydrogen-bond donors (Lipinski definition) is 0. The zero-order valence-electron chi connectivity index (χ0n) is 31.5. The summed E-state index contributed by atoms with van der Waals surface area (Å²) in [4.78, 5) is 56.7. The molecule has 0 unspecified atom stereocenters. The Kier molecular flexibility index (Phi) is 10.3. The van der Waals surface area contributed by atoms with E-state index in [1.807, 2.05) is 152 Å². The third-order valence-corrected chi connectivity index (χ3v) is 7.86. The number of anilines is 4. The van der Waals surface area contributed by atoms with Gasteiger partial charge in [-0.25, -0.2) is 9.97 Å². The second kappa shape index (κ2) is 13.6. The van der Waals surface area contributed by atoms with Gasteiger partial charge >= 0.3 is 16.8 Å². The zero-order valence-corrected chi connectivity index (χ0v) is 32.5. The van der Waals surface area contributed by atoms with E-state index >= 15 is 0 Å². The molecule has 0 N–H and O–H groups in total. The number of nitrogens with zero attached hydrogens (tertiary/aromatic N) is 16. The first-order valence-corrected chi connectivity index (χ1v) is 15.5. The molecule has 2 aliphatic rings. The van der Waals surface area contributed by atoms with Crippen molar-refractivity contribution >= 4 is 68.1 Å². The van der Waals surface area contributed by atoms with Crippen molar-refractivity contribution in [2.24, 2.45) is 0 Å². The second-order valence-corrected chi connectivity index (χ2v) is 13.4. The van der Waals surface area contributed by atoms with Gasteiger partial charge in [0.1, 0.15) is 23.3 Å². The van der Waals surface area contributed by atoms with Crippen LogP contribution < -0.4 is 29.6 Å². The van der Waals surface area contributed by atoms with Crippen molar-refractivity contribution in [2.75, 3.05) is 132 Å². The number of aromatic nitrogens is 8. The van der Waals surface area contributed by atoms with Gasteiger partial charge in [-0.1, -0.05) is 0 Å². The van der Waals surface area contributed by atoms with E-state index in [1.54, 1.807) is 0 Å². The normalized spacial score (nSPS) is 12.6. The Morgan fingerprint density at radius 1 is 0.286 bits per heavy atom. The average Bonchev–Trinajstić information content (AvgIpc) is 3.69. The van der Waals surface area contributed by atoms with Gasteiger partial charge in [0.15, 0.2) is 0 Å². The molecule has 3 aromatic heterocycles. The van der Waals surface area contributed by atoms with Crippen LogP contribution in [0.4, 0.5) is 22.7 Å². The fourth-order valence-electron chi connectivity index (χ4n) is 5.99. The summed E-state index contributed by atoms with van der Waals surface area (Å²) < 4.78 is 0. The maximum atomic E-state index is 5.13. The molecule has 8 bridgehead atoms. The molecular weight excluding hydrogens is 667 g/mol. The van der Waals surface area contributed by atoms with E-state index in [0.29, 0.717) is 45.9 Å². The topological polar surface area (TPSA) is 131 Å². The summed E-state index contributed by atoms with van der Waals surface area (Å²) >= 11 is 0. The number of hydrogen-bond acceptors (Lipinski definition) is 14. The van der Waals surface area contributed by atoms with E-state index in [4.69, 9.17) is 39.9 Å². The maximum Gasteiger partial charge on any atom is 2.00 e. The van der Waals surface area contributed by atoms with Crippen LogP contribution in [0.15, 0.2) is 0 Å². The monoisotopic (exact) mass is 715 g/mol. The molecule has 5 rings (SSSR count). The molecule has 3 aromatic rings. The molecule has 1 radical (unpaired) electrons. The molecule has 0 saturated carbocycles. The summed E-state index contributed by atoms with van der Waals surface area (Å²) in [6, 6.07) is 0. The van der Waals surface area contributed by atoms with Crippen molar-refractivity contribution in [3.05, 3.63) is 23.3 Å². The van der Waals surface area contributed by atoms with Crippen LogP contribution in [-0.2, 0) is 16.8 Å². The second-order valence-electron chi connectivity index (χ2n) is 13.4. The van der Waals surface area contributed by atoms with Crippen LogP contribution in [0.2, 0.25) is 0 Å². The quantitative estimate of drug-likeness (QED) is 0.332. The minimum Gasteiger partial charge on any atom is -0.375 e. The van der Waals surface area contributed by atoms with Gasteiger partial charge in [-0.3, -0.25) is 0 Å². The Hall–Kier alpha value is -4.77. The summed E-state index contributed by atoms with van der Waals surface area (Å²) in [5, 5.41) is 0. The predicted octanol–water partition coefficient (Wildman–Crippen LogP) is 1.31. The van der Waals surface area contributed by atoms with Crippen molar-refractivity contribution in [1.29, 1.82) is 0 Å². The van der Waals surface area contributed by atoms with E-state index in [0.717, 1.165) is 45.5 Å². The Labute approximate surface area is 299 Å². The van der Waals surface area contributed by atoms with Gasteiger partial charge in [0.05, 0.1) is 45.5 Å². The Balaban J connectivity index is 0.00000541. The molecule has 0 saturated heterocycles. The molecular formula is C32H48CoN16. The summed E-state index contributed by atoms with van der Waals surface area (Å²) in [5.74, 6) is 1.95. The molecule has 5 heterocycles. The zero-order chi connectivity index (χ0) is 35.5. The summed E-state index contributed by atoms with van der Waals surface area (Å²) in [5.41, 5.74) is 8.42. The number of fused-ring (bicyclic) bond motifs is 8. The van der Waals surface area contributed by atoms with Gasteiger partial charge in [-0.05, 0) is 0 Å². The van der Waals surface area contributed by atoms with Gasteiger partial charge in [-0.2, -0.15) is 0 Å². The molecule has 0 aromatic carbocycles. The van der Waals surface area contributed by atoms with Gasteiger partial charge in [0, 0.05) is 135 Å². The largest absolute Gasteiger partial charge is 2.00 e. The van der Waals surface area contributed by atoms with Crippen molar-refractivity contribution < 1.29 is 16.8 Å². The minimum absolute atomic E-state index is 0. The molecule has 265 valence electrons. The minimum atomic E-state index is 0. The van der Waals surface area contributed by atoms with Gasteiger partial charge in [0.25, 0.3) is 0 Å². The molecule has 49 heavy (non-hydrogen) atoms. The molecule has 16 nitrogen and oxygen atoms in total. The van der Waals surface area contributed by atoms with Crippen LogP contribution in [0.25, 0.3) is 45.4 Å². The SMILES string of the molecule is CN(C)C1=C(N(C)C)c2nc1nc1[n-]c(nc3nc(nc4[n-]c(n2)c(N(C)C)c4N(C)C)C(N(C)C)=C3N(C)C)c(N(C)C)c1N(C)C.[Co+2]. The molecule has 0 fully saturated rings. The summed E-state index contributed by atoms with van der Waals surface area (Å²) in [6.45, 7) is 0. The van der Waals surface area contributed by atoms with Crippen molar-refractivity contribution in [2.45, 2.75) is 0 Å². The van der Waals surface area contributed by atoms with Gasteiger partial charge in [-0.15, -0.1) is 0 Å². The van der Waals surface area contributed by atoms with E-state index in [9.17, 15) is 0 Å². The third-order valence-electron chi connectivity index (χ3n) is 7.86. The Morgan fingerprint density at radius 3 is 0.612 bits per heavy atom. The fourth-order valence-corrected chi connectivity index (χ4v) is 5.99. The Bertz CT molecular complexity index is 1690. The van der Waals surface area contributed by atoms with Crippen LogP contribution in [0.1, 0.15) is 23.3 Å². The predicted molar refractivity (Wildman–Crippen MR) is 196 cm³/mol. The standard InChI is InChI=1S/C32H48N16.Co/c1-41(2)17-18(42(3)4)26-33-25(17)37-27-19(43(5)6)20(44(7)8)29(34-27)39-31-23(47(13)14)24(48(15)16)32(36-31)40-30-22(46(11)12)21(45(9)10)28(35-30)38-26;/h1-16H3;/q-2;+2. The van der Waals surface area contributed by atoms with E-state index in [-0.39, 0.29) is 16.8 Å². The fraction of sp³-hybridized carbons (Fsp3) is 0.500. The van der Waals surface area contributed by atoms with E-state index < -0.39 is 0 Å². The van der Waals surface area contributed by atoms with Crippen LogP contribution in [0, 0.1) is 0 Å². The van der Waals surface area contributed by atoms with E-state index in [2.05, 4.69) is 0 Å². The first-order valence-electron chi connectivity index (χ1n) is 15.5. The van der Waals surface area contributed by atoms with Gasteiger partial charge in [0.2, 0.25) is 0 Å². The van der Waals surface area contributed by atoms with Crippen molar-refractivity contribution in [3.63, 3.8) is 0 Å². The molecule has 2 aliphatic heterocycles. The molecule has 0 atom stereocenters. The molecule has 0 amide bonds. The molecule has 0 spiro atoms. The van der Waals surface area contributed by atoms with Gasteiger partial charge < -0.3 is 69.1 Å². The van der Waals surface area contributed by atoms with E-state index in [1.165, 1.54) is 0 Å². The summed E-state index contributed by atoms with van der Waals surface area (Å²) in [6.07, 6.45) is 0. The van der Waals surface area contributed by atoms with Crippen molar-refractivity contribution in [3.8, 4) is 0 Å². The summed E-state index contributed by atoms with van der Waals surface area (Å²) in [7, 11) is 31.6. The van der Waals surface area contributed by atoms with Crippen LogP contribution >= 0.6 is 0 Å².